The van der Waals surface area contributed by atoms with Gasteiger partial charge in [0.05, 0.1) is 0 Å². The van der Waals surface area contributed by atoms with Crippen molar-refractivity contribution < 1.29 is 14.6 Å². The molecular formula is C14H27NO3. The van der Waals surface area contributed by atoms with Crippen molar-refractivity contribution in [2.45, 2.75) is 52.1 Å². The molecule has 1 saturated carbocycles. The molecular weight excluding hydrogens is 230 g/mol. The van der Waals surface area contributed by atoms with E-state index in [4.69, 9.17) is 4.74 Å². The number of carbonyl (C=O) groups is 1. The molecule has 4 heteroatoms. The van der Waals surface area contributed by atoms with Crippen LogP contribution in [0.25, 0.3) is 0 Å². The standard InChI is InChI=1S/C14H27NO3/c1-14(2,3)18-13(17)15(4)9-11-6-5-7-12(8-11)10-16/h11-12,16H,5-10H2,1-4H3. The second-order valence-electron chi connectivity index (χ2n) is 6.44. The Bertz CT molecular complexity index is 273. The van der Waals surface area contributed by atoms with E-state index < -0.39 is 5.60 Å². The number of amides is 1. The lowest BCUT2D eigenvalue weighted by molar-refractivity contribution is 0.0247. The number of ether oxygens (including phenoxy) is 1. The lowest BCUT2D eigenvalue weighted by atomic mass is 9.81. The summed E-state index contributed by atoms with van der Waals surface area (Å²) in [5.41, 5.74) is -0.439. The normalized spacial score (nSPS) is 24.7. The Balaban J connectivity index is 2.39. The van der Waals surface area contributed by atoms with Gasteiger partial charge >= 0.3 is 6.09 Å². The minimum absolute atomic E-state index is 0.256. The molecule has 1 fully saturated rings. The molecule has 0 aromatic rings. The van der Waals surface area contributed by atoms with E-state index in [9.17, 15) is 9.90 Å². The average Bonchev–Trinajstić information content (AvgIpc) is 2.27. The van der Waals surface area contributed by atoms with Crippen LogP contribution in [0, 0.1) is 11.8 Å². The summed E-state index contributed by atoms with van der Waals surface area (Å²) in [5.74, 6) is 0.907. The molecule has 0 heterocycles. The highest BCUT2D eigenvalue weighted by atomic mass is 16.6. The molecule has 2 unspecified atom stereocenters. The highest BCUT2D eigenvalue weighted by molar-refractivity contribution is 5.67. The van der Waals surface area contributed by atoms with Crippen LogP contribution in [0.4, 0.5) is 4.79 Å². The van der Waals surface area contributed by atoms with Crippen LogP contribution in [0.3, 0.4) is 0 Å². The van der Waals surface area contributed by atoms with Crippen molar-refractivity contribution in [2.24, 2.45) is 11.8 Å². The second-order valence-corrected chi connectivity index (χ2v) is 6.44. The van der Waals surface area contributed by atoms with Gasteiger partial charge in [-0.1, -0.05) is 6.42 Å². The zero-order valence-corrected chi connectivity index (χ0v) is 12.1. The molecule has 2 atom stereocenters. The third kappa shape index (κ3) is 5.25. The van der Waals surface area contributed by atoms with Crippen LogP contribution >= 0.6 is 0 Å². The molecule has 0 aliphatic heterocycles. The summed E-state index contributed by atoms with van der Waals surface area (Å²) in [7, 11) is 1.79. The summed E-state index contributed by atoms with van der Waals surface area (Å²) in [4.78, 5) is 13.5. The third-order valence-corrected chi connectivity index (χ3v) is 3.39. The summed E-state index contributed by atoms with van der Waals surface area (Å²) in [6.45, 7) is 6.63. The van der Waals surface area contributed by atoms with Gasteiger partial charge in [-0.2, -0.15) is 0 Å². The van der Waals surface area contributed by atoms with E-state index in [2.05, 4.69) is 0 Å². The smallest absolute Gasteiger partial charge is 0.410 e. The topological polar surface area (TPSA) is 49.8 Å². The van der Waals surface area contributed by atoms with E-state index in [1.165, 1.54) is 0 Å². The number of hydrogen-bond donors (Lipinski definition) is 1. The van der Waals surface area contributed by atoms with Crippen molar-refractivity contribution in [1.82, 2.24) is 4.90 Å². The highest BCUT2D eigenvalue weighted by Crippen LogP contribution is 2.29. The van der Waals surface area contributed by atoms with Gasteiger partial charge in [-0.3, -0.25) is 0 Å². The van der Waals surface area contributed by atoms with Crippen LogP contribution in [-0.4, -0.2) is 41.9 Å². The number of rotatable bonds is 3. The Hall–Kier alpha value is -0.770. The fourth-order valence-corrected chi connectivity index (χ4v) is 2.54. The molecule has 106 valence electrons. The molecule has 0 radical (unpaired) electrons. The van der Waals surface area contributed by atoms with Gasteiger partial charge in [0.1, 0.15) is 5.60 Å². The van der Waals surface area contributed by atoms with Crippen molar-refractivity contribution in [3.8, 4) is 0 Å². The van der Waals surface area contributed by atoms with Gasteiger partial charge in [0.25, 0.3) is 0 Å². The van der Waals surface area contributed by atoms with Gasteiger partial charge in [-0.25, -0.2) is 4.79 Å². The van der Waals surface area contributed by atoms with Gasteiger partial charge in [0.2, 0.25) is 0 Å². The Labute approximate surface area is 110 Å². The van der Waals surface area contributed by atoms with Crippen molar-refractivity contribution in [3.63, 3.8) is 0 Å². The Morgan fingerprint density at radius 1 is 1.33 bits per heavy atom. The molecule has 1 amide bonds. The molecule has 0 aromatic heterocycles. The number of hydrogen-bond acceptors (Lipinski definition) is 3. The summed E-state index contributed by atoms with van der Waals surface area (Å²) in [6.07, 6.45) is 4.17. The SMILES string of the molecule is CN(CC1CCCC(CO)C1)C(=O)OC(C)(C)C. The Morgan fingerprint density at radius 3 is 2.50 bits per heavy atom. The number of nitrogens with zero attached hydrogens (tertiary/aromatic N) is 1. The van der Waals surface area contributed by atoms with E-state index in [0.29, 0.717) is 11.8 Å². The fraction of sp³-hybridized carbons (Fsp3) is 0.929. The van der Waals surface area contributed by atoms with Crippen molar-refractivity contribution in [3.05, 3.63) is 0 Å². The van der Waals surface area contributed by atoms with Gasteiger partial charge in [0, 0.05) is 20.2 Å². The van der Waals surface area contributed by atoms with Gasteiger partial charge in [-0.15, -0.1) is 0 Å². The fourth-order valence-electron chi connectivity index (χ4n) is 2.54. The highest BCUT2D eigenvalue weighted by Gasteiger charge is 2.25. The quantitative estimate of drug-likeness (QED) is 0.845. The molecule has 1 aliphatic carbocycles. The van der Waals surface area contributed by atoms with E-state index in [1.807, 2.05) is 20.8 Å². The minimum Gasteiger partial charge on any atom is -0.444 e. The zero-order valence-electron chi connectivity index (χ0n) is 12.1. The van der Waals surface area contributed by atoms with Gasteiger partial charge in [-0.05, 0) is 51.9 Å². The van der Waals surface area contributed by atoms with Crippen molar-refractivity contribution >= 4 is 6.09 Å². The predicted octanol–water partition coefficient (Wildman–Crippen LogP) is 2.65. The largest absolute Gasteiger partial charge is 0.444 e. The minimum atomic E-state index is -0.439. The first-order chi connectivity index (χ1) is 8.31. The van der Waals surface area contributed by atoms with Crippen LogP contribution in [0.2, 0.25) is 0 Å². The molecule has 0 saturated heterocycles. The third-order valence-electron chi connectivity index (χ3n) is 3.39. The summed E-state index contributed by atoms with van der Waals surface area (Å²) in [6, 6.07) is 0. The maximum Gasteiger partial charge on any atom is 0.410 e. The number of aliphatic hydroxyl groups is 1. The molecule has 1 rings (SSSR count). The molecule has 1 aliphatic rings. The maximum atomic E-state index is 11.8. The first kappa shape index (κ1) is 15.3. The van der Waals surface area contributed by atoms with Crippen LogP contribution in [0.5, 0.6) is 0 Å². The molecule has 0 aromatic carbocycles. The van der Waals surface area contributed by atoms with Crippen LogP contribution in [-0.2, 0) is 4.74 Å². The van der Waals surface area contributed by atoms with E-state index in [0.717, 1.165) is 32.2 Å². The molecule has 0 spiro atoms. The first-order valence-corrected chi connectivity index (χ1v) is 6.87. The monoisotopic (exact) mass is 257 g/mol. The molecule has 1 N–H and O–H groups in total. The van der Waals surface area contributed by atoms with Crippen LogP contribution in [0.1, 0.15) is 46.5 Å². The van der Waals surface area contributed by atoms with E-state index >= 15 is 0 Å². The predicted molar refractivity (Wildman–Crippen MR) is 71.4 cm³/mol. The number of aliphatic hydroxyl groups excluding tert-OH is 1. The Kier molecular flexibility index (Phi) is 5.45. The summed E-state index contributed by atoms with van der Waals surface area (Å²) >= 11 is 0. The number of carbonyl (C=O) groups excluding carboxylic acids is 1. The van der Waals surface area contributed by atoms with Gasteiger partial charge in [0.15, 0.2) is 0 Å². The van der Waals surface area contributed by atoms with Crippen molar-refractivity contribution in [1.29, 1.82) is 0 Å². The summed E-state index contributed by atoms with van der Waals surface area (Å²) in [5, 5.41) is 9.20. The lowest BCUT2D eigenvalue weighted by Gasteiger charge is -2.32. The molecule has 0 bridgehead atoms. The zero-order chi connectivity index (χ0) is 13.8. The average molecular weight is 257 g/mol. The summed E-state index contributed by atoms with van der Waals surface area (Å²) < 4.78 is 5.33. The lowest BCUT2D eigenvalue weighted by Crippen LogP contribution is -2.38. The van der Waals surface area contributed by atoms with E-state index in [-0.39, 0.29) is 12.7 Å². The molecule has 18 heavy (non-hydrogen) atoms. The van der Waals surface area contributed by atoms with Crippen LogP contribution in [0.15, 0.2) is 0 Å². The Morgan fingerprint density at radius 2 is 1.94 bits per heavy atom. The first-order valence-electron chi connectivity index (χ1n) is 6.87. The van der Waals surface area contributed by atoms with E-state index in [1.54, 1.807) is 11.9 Å². The second kappa shape index (κ2) is 6.41. The maximum absolute atomic E-state index is 11.8. The van der Waals surface area contributed by atoms with Crippen molar-refractivity contribution in [2.75, 3.05) is 20.2 Å². The molecule has 4 nitrogen and oxygen atoms in total. The van der Waals surface area contributed by atoms with Crippen LogP contribution < -0.4 is 0 Å². The van der Waals surface area contributed by atoms with Gasteiger partial charge < -0.3 is 14.7 Å².